The first-order valence-corrected chi connectivity index (χ1v) is 6.47. The Morgan fingerprint density at radius 3 is 2.82 bits per heavy atom. The summed E-state index contributed by atoms with van der Waals surface area (Å²) in [4.78, 5) is 22.7. The Bertz CT molecular complexity index is 260. The second-order valence-electron chi connectivity index (χ2n) is 3.74. The SMILES string of the molecule is COC(=O)[C@@H](C)NC(=O)CC1CSCCN1.Cl. The molecule has 1 rings (SSSR count). The van der Waals surface area contributed by atoms with Crippen molar-refractivity contribution in [2.45, 2.75) is 25.4 Å². The first-order chi connectivity index (χ1) is 7.63. The molecule has 0 aromatic rings. The van der Waals surface area contributed by atoms with Crippen LogP contribution in [0.4, 0.5) is 0 Å². The summed E-state index contributed by atoms with van der Waals surface area (Å²) < 4.78 is 4.53. The molecule has 1 unspecified atom stereocenters. The fourth-order valence-corrected chi connectivity index (χ4v) is 2.46. The van der Waals surface area contributed by atoms with Crippen LogP contribution in [0.25, 0.3) is 0 Å². The highest BCUT2D eigenvalue weighted by molar-refractivity contribution is 7.99. The molecule has 0 aliphatic carbocycles. The summed E-state index contributed by atoms with van der Waals surface area (Å²) in [6.45, 7) is 2.56. The number of ether oxygens (including phenoxy) is 1. The van der Waals surface area contributed by atoms with Gasteiger partial charge < -0.3 is 15.4 Å². The number of methoxy groups -OCH3 is 1. The number of hydrogen-bond acceptors (Lipinski definition) is 5. The van der Waals surface area contributed by atoms with Crippen molar-refractivity contribution in [3.63, 3.8) is 0 Å². The van der Waals surface area contributed by atoms with Crippen LogP contribution in [0.2, 0.25) is 0 Å². The van der Waals surface area contributed by atoms with Crippen molar-refractivity contribution in [3.8, 4) is 0 Å². The lowest BCUT2D eigenvalue weighted by Gasteiger charge is -2.23. The zero-order valence-electron chi connectivity index (χ0n) is 10.0. The van der Waals surface area contributed by atoms with E-state index in [0.717, 1.165) is 18.1 Å². The first-order valence-electron chi connectivity index (χ1n) is 5.31. The van der Waals surface area contributed by atoms with Gasteiger partial charge in [0.05, 0.1) is 7.11 Å². The third-order valence-electron chi connectivity index (χ3n) is 2.36. The van der Waals surface area contributed by atoms with E-state index in [1.165, 1.54) is 7.11 Å². The topological polar surface area (TPSA) is 67.4 Å². The lowest BCUT2D eigenvalue weighted by atomic mass is 10.2. The monoisotopic (exact) mass is 282 g/mol. The number of carbonyl (C=O) groups is 2. The van der Waals surface area contributed by atoms with Gasteiger partial charge in [-0.1, -0.05) is 0 Å². The maximum atomic E-state index is 11.6. The number of hydrogen-bond donors (Lipinski definition) is 2. The van der Waals surface area contributed by atoms with Crippen LogP contribution >= 0.6 is 24.2 Å². The molecule has 2 N–H and O–H groups in total. The molecular formula is C10H19ClN2O3S. The Hall–Kier alpha value is -0.460. The number of rotatable bonds is 4. The van der Waals surface area contributed by atoms with Gasteiger partial charge in [0.25, 0.3) is 0 Å². The highest BCUT2D eigenvalue weighted by Gasteiger charge is 2.20. The van der Waals surface area contributed by atoms with Crippen LogP contribution < -0.4 is 10.6 Å². The van der Waals surface area contributed by atoms with Gasteiger partial charge in [0.1, 0.15) is 6.04 Å². The second-order valence-corrected chi connectivity index (χ2v) is 4.89. The van der Waals surface area contributed by atoms with Gasteiger partial charge in [-0.25, -0.2) is 4.79 Å². The van der Waals surface area contributed by atoms with E-state index in [1.807, 2.05) is 11.8 Å². The molecule has 1 saturated heterocycles. The Labute approximate surface area is 112 Å². The van der Waals surface area contributed by atoms with E-state index in [0.29, 0.717) is 6.42 Å². The number of amides is 1. The van der Waals surface area contributed by atoms with Crippen molar-refractivity contribution in [2.75, 3.05) is 25.2 Å². The van der Waals surface area contributed by atoms with Crippen molar-refractivity contribution in [2.24, 2.45) is 0 Å². The second kappa shape index (κ2) is 8.60. The average molecular weight is 283 g/mol. The fraction of sp³-hybridized carbons (Fsp3) is 0.800. The Morgan fingerprint density at radius 1 is 1.59 bits per heavy atom. The molecule has 17 heavy (non-hydrogen) atoms. The summed E-state index contributed by atoms with van der Waals surface area (Å²) in [7, 11) is 1.31. The van der Waals surface area contributed by atoms with Gasteiger partial charge in [-0.15, -0.1) is 12.4 Å². The zero-order valence-corrected chi connectivity index (χ0v) is 11.7. The molecule has 1 aliphatic rings. The molecule has 2 atom stereocenters. The molecule has 7 heteroatoms. The van der Waals surface area contributed by atoms with E-state index < -0.39 is 12.0 Å². The molecule has 100 valence electrons. The average Bonchev–Trinajstić information content (AvgIpc) is 2.29. The van der Waals surface area contributed by atoms with Crippen molar-refractivity contribution < 1.29 is 14.3 Å². The summed E-state index contributed by atoms with van der Waals surface area (Å²) >= 11 is 1.84. The summed E-state index contributed by atoms with van der Waals surface area (Å²) in [6.07, 6.45) is 0.411. The maximum absolute atomic E-state index is 11.6. The number of esters is 1. The Morgan fingerprint density at radius 2 is 2.29 bits per heavy atom. The normalized spacial score (nSPS) is 20.9. The minimum atomic E-state index is -0.575. The predicted molar refractivity (Wildman–Crippen MR) is 70.6 cm³/mol. The molecule has 0 aromatic carbocycles. The van der Waals surface area contributed by atoms with Gasteiger partial charge in [0.15, 0.2) is 0 Å². The molecule has 1 amide bonds. The number of carbonyl (C=O) groups excluding carboxylic acids is 2. The maximum Gasteiger partial charge on any atom is 0.328 e. The van der Waals surface area contributed by atoms with Gasteiger partial charge >= 0.3 is 5.97 Å². The van der Waals surface area contributed by atoms with Gasteiger partial charge in [0.2, 0.25) is 5.91 Å². The highest BCUT2D eigenvalue weighted by Crippen LogP contribution is 2.10. The lowest BCUT2D eigenvalue weighted by molar-refractivity contribution is -0.144. The van der Waals surface area contributed by atoms with E-state index in [1.54, 1.807) is 6.92 Å². The molecule has 0 saturated carbocycles. The van der Waals surface area contributed by atoms with Crippen LogP contribution in [-0.4, -0.2) is 49.1 Å². The van der Waals surface area contributed by atoms with Crippen LogP contribution in [0.3, 0.4) is 0 Å². The van der Waals surface area contributed by atoms with Crippen molar-refractivity contribution >= 4 is 36.0 Å². The molecule has 5 nitrogen and oxygen atoms in total. The number of halogens is 1. The van der Waals surface area contributed by atoms with E-state index in [4.69, 9.17) is 0 Å². The van der Waals surface area contributed by atoms with E-state index in [-0.39, 0.29) is 24.4 Å². The van der Waals surface area contributed by atoms with Crippen molar-refractivity contribution in [1.29, 1.82) is 0 Å². The van der Waals surface area contributed by atoms with Gasteiger partial charge in [-0.3, -0.25) is 4.79 Å². The van der Waals surface area contributed by atoms with Crippen LogP contribution in [0, 0.1) is 0 Å². The van der Waals surface area contributed by atoms with Crippen LogP contribution in [-0.2, 0) is 14.3 Å². The van der Waals surface area contributed by atoms with Crippen LogP contribution in [0.15, 0.2) is 0 Å². The minimum absolute atomic E-state index is 0. The molecule has 0 spiro atoms. The molecule has 0 radical (unpaired) electrons. The van der Waals surface area contributed by atoms with Crippen LogP contribution in [0.1, 0.15) is 13.3 Å². The summed E-state index contributed by atoms with van der Waals surface area (Å²) in [5.74, 6) is 1.51. The first kappa shape index (κ1) is 16.5. The van der Waals surface area contributed by atoms with Crippen LogP contribution in [0.5, 0.6) is 0 Å². The standard InChI is InChI=1S/C10H18N2O3S.ClH/c1-7(10(14)15-2)12-9(13)5-8-6-16-4-3-11-8;/h7-8,11H,3-6H2,1-2H3,(H,12,13);1H/t7-,8?;/m1./s1. The zero-order chi connectivity index (χ0) is 12.0. The molecule has 0 aromatic heterocycles. The third kappa shape index (κ3) is 6.14. The van der Waals surface area contributed by atoms with Gasteiger partial charge in [-0.05, 0) is 6.92 Å². The van der Waals surface area contributed by atoms with E-state index in [2.05, 4.69) is 15.4 Å². The molecule has 1 heterocycles. The minimum Gasteiger partial charge on any atom is -0.467 e. The molecular weight excluding hydrogens is 264 g/mol. The number of nitrogens with one attached hydrogen (secondary N) is 2. The molecule has 1 fully saturated rings. The van der Waals surface area contributed by atoms with Crippen molar-refractivity contribution in [3.05, 3.63) is 0 Å². The third-order valence-corrected chi connectivity index (χ3v) is 3.49. The predicted octanol–water partition coefficient (Wildman–Crippen LogP) is 0.181. The molecule has 1 aliphatic heterocycles. The fourth-order valence-electron chi connectivity index (χ4n) is 1.51. The van der Waals surface area contributed by atoms with E-state index in [9.17, 15) is 9.59 Å². The summed E-state index contributed by atoms with van der Waals surface area (Å²) in [5, 5.41) is 5.88. The molecule has 0 bridgehead atoms. The largest absolute Gasteiger partial charge is 0.467 e. The smallest absolute Gasteiger partial charge is 0.328 e. The Kier molecular flexibility index (Phi) is 8.37. The summed E-state index contributed by atoms with van der Waals surface area (Å²) in [5.41, 5.74) is 0. The quantitative estimate of drug-likeness (QED) is 0.720. The Balaban J connectivity index is 0.00000256. The highest BCUT2D eigenvalue weighted by atomic mass is 35.5. The van der Waals surface area contributed by atoms with Gasteiger partial charge in [-0.2, -0.15) is 11.8 Å². The van der Waals surface area contributed by atoms with Crippen molar-refractivity contribution in [1.82, 2.24) is 10.6 Å². The number of thioether (sulfide) groups is 1. The summed E-state index contributed by atoms with van der Waals surface area (Å²) in [6, 6.07) is -0.364. The lowest BCUT2D eigenvalue weighted by Crippen LogP contribution is -2.45. The van der Waals surface area contributed by atoms with Gasteiger partial charge in [0, 0.05) is 30.5 Å². The van der Waals surface area contributed by atoms with E-state index >= 15 is 0 Å².